The maximum Gasteiger partial charge on any atom is 0.433 e. The Morgan fingerprint density at radius 2 is 2.09 bits per heavy atom. The van der Waals surface area contributed by atoms with E-state index < -0.39 is 17.8 Å². The molecule has 0 aromatic heterocycles. The van der Waals surface area contributed by atoms with Gasteiger partial charge in [-0.1, -0.05) is 25.5 Å². The second-order valence-electron chi connectivity index (χ2n) is 9.01. The summed E-state index contributed by atoms with van der Waals surface area (Å²) in [6.07, 6.45) is -1.15. The molecule has 3 aliphatic heterocycles. The van der Waals surface area contributed by atoms with Gasteiger partial charge in [0.15, 0.2) is 11.8 Å². The molecule has 1 N–H and O–H groups in total. The summed E-state index contributed by atoms with van der Waals surface area (Å²) in [5, 5.41) is 10.1. The number of rotatable bonds is 7. The summed E-state index contributed by atoms with van der Waals surface area (Å²) < 4.78 is 44.6. The Morgan fingerprint density at radius 1 is 1.29 bits per heavy atom. The minimum atomic E-state index is -4.44. The fourth-order valence-corrected chi connectivity index (χ4v) is 5.78. The molecule has 3 aliphatic rings. The molecule has 11 heteroatoms. The molecule has 1 saturated heterocycles. The summed E-state index contributed by atoms with van der Waals surface area (Å²) in [5.74, 6) is -0.478. The molecule has 35 heavy (non-hydrogen) atoms. The van der Waals surface area contributed by atoms with Gasteiger partial charge in [0.2, 0.25) is 0 Å². The second-order valence-corrected chi connectivity index (χ2v) is 10.00. The number of alkyl halides is 3. The van der Waals surface area contributed by atoms with Crippen LogP contribution in [0.15, 0.2) is 40.0 Å². The van der Waals surface area contributed by atoms with Crippen molar-refractivity contribution in [3.05, 3.63) is 41.1 Å². The number of aliphatic imine (C=N–C) groups is 2. The standard InChI is InChI=1S/C24H29F3N4O3S/c1-3-4-17-13-30(12-16-9-15(2)10-18(11-16)34-14-21(32)33)7-8-31(17)23-28-19-5-6-20(24(25,26)27)29-22(19)35-23/h6,9-11,17,19H,3-5,7-8,12-14H2,1-2H3,(H,32,33)/t17-,19?/m1/s1. The van der Waals surface area contributed by atoms with E-state index in [0.29, 0.717) is 17.3 Å². The predicted octanol–water partition coefficient (Wildman–Crippen LogP) is 4.46. The van der Waals surface area contributed by atoms with Crippen molar-refractivity contribution >= 4 is 27.9 Å². The molecule has 1 aromatic rings. The topological polar surface area (TPSA) is 77.7 Å². The van der Waals surface area contributed by atoms with E-state index >= 15 is 0 Å². The lowest BCUT2D eigenvalue weighted by atomic mass is 10.1. The van der Waals surface area contributed by atoms with Gasteiger partial charge >= 0.3 is 12.1 Å². The lowest BCUT2D eigenvalue weighted by Crippen LogP contribution is -2.54. The SMILES string of the molecule is CCC[C@@H]1CN(Cc2cc(C)cc(OCC(=O)O)c2)CCN1C1=NC2CC=C(C(F)(F)F)N=C2S1. The number of carboxylic acids is 1. The van der Waals surface area contributed by atoms with E-state index in [4.69, 9.17) is 14.8 Å². The minimum absolute atomic E-state index is 0.198. The van der Waals surface area contributed by atoms with Crippen LogP contribution in [-0.2, 0) is 11.3 Å². The number of hydrogen-bond donors (Lipinski definition) is 1. The van der Waals surface area contributed by atoms with Crippen molar-refractivity contribution in [1.29, 1.82) is 0 Å². The number of hydrogen-bond acceptors (Lipinski definition) is 7. The lowest BCUT2D eigenvalue weighted by Gasteiger charge is -2.42. The van der Waals surface area contributed by atoms with Gasteiger partial charge in [-0.25, -0.2) is 9.79 Å². The second kappa shape index (κ2) is 10.6. The van der Waals surface area contributed by atoms with Crippen LogP contribution in [0.3, 0.4) is 0 Å². The summed E-state index contributed by atoms with van der Waals surface area (Å²) >= 11 is 1.27. The van der Waals surface area contributed by atoms with Crippen LogP contribution in [0.25, 0.3) is 0 Å². The van der Waals surface area contributed by atoms with Crippen LogP contribution in [0, 0.1) is 6.92 Å². The van der Waals surface area contributed by atoms with Gasteiger partial charge in [-0.15, -0.1) is 0 Å². The van der Waals surface area contributed by atoms with Crippen molar-refractivity contribution in [3.63, 3.8) is 0 Å². The minimum Gasteiger partial charge on any atom is -0.482 e. The highest BCUT2D eigenvalue weighted by atomic mass is 32.2. The van der Waals surface area contributed by atoms with Crippen LogP contribution in [0.5, 0.6) is 5.75 Å². The highest BCUT2D eigenvalue weighted by Gasteiger charge is 2.40. The van der Waals surface area contributed by atoms with Crippen molar-refractivity contribution < 1.29 is 27.8 Å². The molecule has 1 unspecified atom stereocenters. The molecular formula is C24H29F3N4O3S. The maximum atomic E-state index is 13.1. The van der Waals surface area contributed by atoms with E-state index in [1.54, 1.807) is 0 Å². The number of aryl methyl sites for hydroxylation is 1. The number of carboxylic acid groups (broad SMARTS) is 1. The smallest absolute Gasteiger partial charge is 0.433 e. The highest BCUT2D eigenvalue weighted by molar-refractivity contribution is 8.27. The third kappa shape index (κ3) is 6.38. The first kappa shape index (κ1) is 25.6. The van der Waals surface area contributed by atoms with Crippen LogP contribution >= 0.6 is 11.8 Å². The van der Waals surface area contributed by atoms with Gasteiger partial charge < -0.3 is 14.7 Å². The number of allylic oxidation sites excluding steroid dienone is 1. The van der Waals surface area contributed by atoms with Gasteiger partial charge in [0.05, 0.1) is 0 Å². The molecule has 1 aromatic carbocycles. The van der Waals surface area contributed by atoms with Gasteiger partial charge in [-0.05, 0) is 54.8 Å². The fourth-order valence-electron chi connectivity index (χ4n) is 4.62. The average Bonchev–Trinajstić information content (AvgIpc) is 3.20. The summed E-state index contributed by atoms with van der Waals surface area (Å²) in [6.45, 7) is 6.70. The normalized spacial score (nSPS) is 22.9. The van der Waals surface area contributed by atoms with Crippen LogP contribution in [0.1, 0.15) is 37.3 Å². The molecule has 4 rings (SSSR count). The van der Waals surface area contributed by atoms with Gasteiger partial charge in [-0.3, -0.25) is 9.89 Å². The molecule has 0 bridgehead atoms. The fraction of sp³-hybridized carbons (Fsp3) is 0.542. The number of halogens is 3. The first-order valence-corrected chi connectivity index (χ1v) is 12.5. The third-order valence-corrected chi connectivity index (χ3v) is 7.21. The number of piperazine rings is 1. The zero-order valence-corrected chi connectivity index (χ0v) is 20.5. The molecule has 0 amide bonds. The Hall–Kier alpha value is -2.53. The Morgan fingerprint density at radius 3 is 2.80 bits per heavy atom. The van der Waals surface area contributed by atoms with Crippen molar-refractivity contribution in [1.82, 2.24) is 9.80 Å². The lowest BCUT2D eigenvalue weighted by molar-refractivity contribution is -0.139. The molecule has 0 spiro atoms. The summed E-state index contributed by atoms with van der Waals surface area (Å²) in [5.41, 5.74) is 1.22. The molecule has 7 nitrogen and oxygen atoms in total. The van der Waals surface area contributed by atoms with E-state index in [9.17, 15) is 18.0 Å². The number of fused-ring (bicyclic) bond motifs is 1. The molecule has 0 radical (unpaired) electrons. The molecule has 0 saturated carbocycles. The van der Waals surface area contributed by atoms with E-state index in [-0.39, 0.29) is 25.1 Å². The Labute approximate surface area is 206 Å². The van der Waals surface area contributed by atoms with E-state index in [1.807, 2.05) is 19.1 Å². The van der Waals surface area contributed by atoms with Crippen molar-refractivity contribution in [3.8, 4) is 5.75 Å². The van der Waals surface area contributed by atoms with Crippen LogP contribution in [0.2, 0.25) is 0 Å². The zero-order valence-electron chi connectivity index (χ0n) is 19.7. The maximum absolute atomic E-state index is 13.1. The van der Waals surface area contributed by atoms with Crippen molar-refractivity contribution in [2.45, 2.75) is 57.9 Å². The van der Waals surface area contributed by atoms with E-state index in [2.05, 4.69) is 27.8 Å². The van der Waals surface area contributed by atoms with Crippen LogP contribution < -0.4 is 4.74 Å². The molecule has 190 valence electrons. The summed E-state index contributed by atoms with van der Waals surface area (Å²) in [7, 11) is 0. The molecule has 0 aliphatic carbocycles. The first-order valence-electron chi connectivity index (χ1n) is 11.7. The summed E-state index contributed by atoms with van der Waals surface area (Å²) in [4.78, 5) is 24.0. The van der Waals surface area contributed by atoms with Gasteiger partial charge in [0, 0.05) is 32.2 Å². The van der Waals surface area contributed by atoms with Crippen LogP contribution in [0.4, 0.5) is 13.2 Å². The van der Waals surface area contributed by atoms with Gasteiger partial charge in [0.1, 0.15) is 22.5 Å². The van der Waals surface area contributed by atoms with Crippen molar-refractivity contribution in [2.24, 2.45) is 9.98 Å². The summed E-state index contributed by atoms with van der Waals surface area (Å²) in [6, 6.07) is 5.64. The number of amidine groups is 1. The first-order chi connectivity index (χ1) is 16.6. The number of ether oxygens (including phenoxy) is 1. The largest absolute Gasteiger partial charge is 0.482 e. The predicted molar refractivity (Wildman–Crippen MR) is 130 cm³/mol. The number of carbonyl (C=O) groups is 1. The third-order valence-electron chi connectivity index (χ3n) is 6.12. The average molecular weight is 511 g/mol. The van der Waals surface area contributed by atoms with Gasteiger partial charge in [-0.2, -0.15) is 13.2 Å². The molecule has 1 fully saturated rings. The number of thioether (sulfide) groups is 1. The number of benzene rings is 1. The molecule has 2 atom stereocenters. The van der Waals surface area contributed by atoms with Gasteiger partial charge in [0.25, 0.3) is 0 Å². The van der Waals surface area contributed by atoms with E-state index in [0.717, 1.165) is 54.8 Å². The van der Waals surface area contributed by atoms with Crippen LogP contribution in [-0.4, -0.2) is 75.6 Å². The number of aliphatic carboxylic acids is 1. The zero-order chi connectivity index (χ0) is 25.2. The van der Waals surface area contributed by atoms with E-state index in [1.165, 1.54) is 11.8 Å². The quantitative estimate of drug-likeness (QED) is 0.584. The van der Waals surface area contributed by atoms with Crippen molar-refractivity contribution in [2.75, 3.05) is 26.2 Å². The monoisotopic (exact) mass is 510 g/mol. The molecule has 3 heterocycles. The Kier molecular flexibility index (Phi) is 7.75. The number of nitrogens with zero attached hydrogens (tertiary/aromatic N) is 4. The highest BCUT2D eigenvalue weighted by Crippen LogP contribution is 2.37. The Bertz CT molecular complexity index is 1060. The molecular weight excluding hydrogens is 481 g/mol. The Balaban J connectivity index is 1.42.